The fourth-order valence-corrected chi connectivity index (χ4v) is 3.71. The lowest BCUT2D eigenvalue weighted by Crippen LogP contribution is -2.05. The molecule has 0 radical (unpaired) electrons. The quantitative estimate of drug-likeness (QED) is 0.342. The van der Waals surface area contributed by atoms with Gasteiger partial charge in [0.15, 0.2) is 0 Å². The van der Waals surface area contributed by atoms with Crippen LogP contribution in [0.15, 0.2) is 59.3 Å². The van der Waals surface area contributed by atoms with Crippen LogP contribution in [0.2, 0.25) is 0 Å². The lowest BCUT2D eigenvalue weighted by molar-refractivity contribution is 0.120. The van der Waals surface area contributed by atoms with Crippen LogP contribution in [0, 0.1) is 0 Å². The van der Waals surface area contributed by atoms with Crippen LogP contribution in [0.4, 0.5) is 0 Å². The molecule has 2 aromatic rings. The van der Waals surface area contributed by atoms with Gasteiger partial charge in [-0.25, -0.2) is 0 Å². The van der Waals surface area contributed by atoms with E-state index in [0.29, 0.717) is 22.6 Å². The van der Waals surface area contributed by atoms with E-state index < -0.39 is 20.2 Å². The van der Waals surface area contributed by atoms with Crippen molar-refractivity contribution in [1.82, 2.24) is 0 Å². The third-order valence-electron chi connectivity index (χ3n) is 3.63. The van der Waals surface area contributed by atoms with Gasteiger partial charge in [-0.05, 0) is 61.4 Å². The van der Waals surface area contributed by atoms with Gasteiger partial charge in [0.2, 0.25) is 6.79 Å². The minimum atomic E-state index is -3.67. The van der Waals surface area contributed by atoms with Crippen LogP contribution in [-0.4, -0.2) is 36.8 Å². The Kier molecular flexibility index (Phi) is 9.25. The molecule has 0 unspecified atom stereocenters. The van der Waals surface area contributed by atoms with Gasteiger partial charge in [0.25, 0.3) is 20.2 Å². The average Bonchev–Trinajstić information content (AvgIpc) is 2.73. The first kappa shape index (κ1) is 24.6. The normalized spacial score (nSPS) is 12.5. The molecule has 0 heterocycles. The summed E-state index contributed by atoms with van der Waals surface area (Å²) < 4.78 is 66.2. The third-order valence-corrected chi connectivity index (χ3v) is 5.70. The molecule has 0 saturated heterocycles. The van der Waals surface area contributed by atoms with E-state index in [1.807, 2.05) is 0 Å². The number of rotatable bonds is 12. The largest absolute Gasteiger partial charge is 0.458 e. The summed E-state index contributed by atoms with van der Waals surface area (Å²) >= 11 is 0. The van der Waals surface area contributed by atoms with E-state index in [1.165, 1.54) is 12.2 Å². The summed E-state index contributed by atoms with van der Waals surface area (Å²) in [7, 11) is -7.35. The molecular weight excluding hydrogens is 444 g/mol. The van der Waals surface area contributed by atoms with Crippen molar-refractivity contribution < 1.29 is 34.7 Å². The summed E-state index contributed by atoms with van der Waals surface area (Å²) in [5.41, 5.74) is 1.35. The van der Waals surface area contributed by atoms with Gasteiger partial charge in [0.05, 0.1) is 24.0 Å². The van der Waals surface area contributed by atoms with Gasteiger partial charge in [-0.2, -0.15) is 16.8 Å². The van der Waals surface area contributed by atoms with Crippen LogP contribution in [-0.2, 0) is 28.6 Å². The highest BCUT2D eigenvalue weighted by molar-refractivity contribution is 7.90. The van der Waals surface area contributed by atoms with Gasteiger partial charge in [0.1, 0.15) is 11.5 Å². The zero-order valence-electron chi connectivity index (χ0n) is 17.1. The van der Waals surface area contributed by atoms with Gasteiger partial charge in [-0.15, -0.1) is 0 Å². The van der Waals surface area contributed by atoms with Crippen molar-refractivity contribution in [1.29, 1.82) is 0 Å². The topological polar surface area (TPSA) is 105 Å². The number of benzene rings is 2. The van der Waals surface area contributed by atoms with E-state index in [9.17, 15) is 16.8 Å². The van der Waals surface area contributed by atoms with E-state index >= 15 is 0 Å². The molecule has 0 spiro atoms. The molecule has 0 saturated carbocycles. The predicted molar refractivity (Wildman–Crippen MR) is 118 cm³/mol. The van der Waals surface area contributed by atoms with Crippen molar-refractivity contribution in [3.63, 3.8) is 0 Å². The minimum absolute atomic E-state index is 0.0399. The van der Waals surface area contributed by atoms with Crippen LogP contribution in [0.1, 0.15) is 25.0 Å². The summed E-state index contributed by atoms with van der Waals surface area (Å²) in [6, 6.07) is 13.5. The fourth-order valence-electron chi connectivity index (χ4n) is 2.25. The monoisotopic (exact) mass is 468 g/mol. The molecule has 10 heteroatoms. The Morgan fingerprint density at radius 3 is 1.32 bits per heavy atom. The summed E-state index contributed by atoms with van der Waals surface area (Å²) in [5, 5.41) is 2.00. The molecule has 31 heavy (non-hydrogen) atoms. The number of hydrogen-bond donors (Lipinski definition) is 0. The number of ether oxygens (including phenoxy) is 2. The molecule has 0 bridgehead atoms. The predicted octanol–water partition coefficient (Wildman–Crippen LogP) is 3.78. The Bertz CT molecular complexity index is 996. The van der Waals surface area contributed by atoms with Gasteiger partial charge < -0.3 is 9.47 Å². The fraction of sp³-hybridized carbons (Fsp3) is 0.238. The molecule has 2 aromatic carbocycles. The Hall–Kier alpha value is -2.66. The van der Waals surface area contributed by atoms with Gasteiger partial charge in [-0.1, -0.05) is 24.3 Å². The highest BCUT2D eigenvalue weighted by Crippen LogP contribution is 2.17. The second-order valence-corrected chi connectivity index (χ2v) is 8.94. The van der Waals surface area contributed by atoms with Crippen LogP contribution >= 0.6 is 0 Å². The smallest absolute Gasteiger partial charge is 0.290 e. The molecule has 0 N–H and O–H groups in total. The molecule has 8 nitrogen and oxygen atoms in total. The Labute approximate surface area is 183 Å². The standard InChI is InChI=1S/C21H24O8S2/c1-3-28-30(22,23)15-13-18-5-9-20(10-6-18)26-17-27-21-11-7-19(8-12-21)14-16-31(24,25)29-4-2/h5-16H,3-4,17H2,1-2H3/b15-13+,16-14+. The maximum absolute atomic E-state index is 11.5. The zero-order valence-corrected chi connectivity index (χ0v) is 18.8. The van der Waals surface area contributed by atoms with Crippen molar-refractivity contribution in [2.24, 2.45) is 0 Å². The second-order valence-electron chi connectivity index (χ2n) is 5.95. The molecule has 0 aliphatic rings. The Morgan fingerprint density at radius 1 is 0.645 bits per heavy atom. The maximum atomic E-state index is 11.5. The maximum Gasteiger partial charge on any atom is 0.290 e. The molecule has 0 aromatic heterocycles. The van der Waals surface area contributed by atoms with E-state index in [2.05, 4.69) is 8.37 Å². The summed E-state index contributed by atoms with van der Waals surface area (Å²) in [6.45, 7) is 3.31. The second kappa shape index (κ2) is 11.7. The number of hydrogen-bond acceptors (Lipinski definition) is 8. The lowest BCUT2D eigenvalue weighted by atomic mass is 10.2. The summed E-state index contributed by atoms with van der Waals surface area (Å²) in [4.78, 5) is 0. The van der Waals surface area contributed by atoms with Crippen molar-refractivity contribution in [2.75, 3.05) is 20.0 Å². The first-order chi connectivity index (χ1) is 14.7. The average molecular weight is 469 g/mol. The molecular formula is C21H24O8S2. The van der Waals surface area contributed by atoms with Crippen molar-refractivity contribution in [3.8, 4) is 11.5 Å². The highest BCUT2D eigenvalue weighted by atomic mass is 32.2. The van der Waals surface area contributed by atoms with Crippen LogP contribution in [0.5, 0.6) is 11.5 Å². The lowest BCUT2D eigenvalue weighted by Gasteiger charge is -2.09. The van der Waals surface area contributed by atoms with E-state index in [-0.39, 0.29) is 20.0 Å². The van der Waals surface area contributed by atoms with Crippen LogP contribution in [0.3, 0.4) is 0 Å². The van der Waals surface area contributed by atoms with Crippen molar-refractivity contribution in [3.05, 3.63) is 70.5 Å². The third kappa shape index (κ3) is 9.35. The highest BCUT2D eigenvalue weighted by Gasteiger charge is 2.04. The zero-order chi connectivity index (χ0) is 22.7. The molecule has 2 rings (SSSR count). The van der Waals surface area contributed by atoms with E-state index in [1.54, 1.807) is 62.4 Å². The van der Waals surface area contributed by atoms with Crippen LogP contribution in [0.25, 0.3) is 12.2 Å². The SMILES string of the molecule is CCOS(=O)(=O)/C=C/c1ccc(OCOc2ccc(/C=C/S(=O)(=O)OCC)cc2)cc1. The molecule has 0 amide bonds. The molecule has 168 valence electrons. The Balaban J connectivity index is 1.84. The molecule has 0 aliphatic heterocycles. The van der Waals surface area contributed by atoms with Gasteiger partial charge in [0, 0.05) is 0 Å². The summed E-state index contributed by atoms with van der Waals surface area (Å²) in [5.74, 6) is 1.09. The first-order valence-electron chi connectivity index (χ1n) is 9.34. The van der Waals surface area contributed by atoms with Crippen molar-refractivity contribution in [2.45, 2.75) is 13.8 Å². The molecule has 0 fully saturated rings. The van der Waals surface area contributed by atoms with Crippen molar-refractivity contribution >= 4 is 32.4 Å². The molecule has 0 atom stereocenters. The van der Waals surface area contributed by atoms with Crippen LogP contribution < -0.4 is 9.47 Å². The molecule has 0 aliphatic carbocycles. The minimum Gasteiger partial charge on any atom is -0.458 e. The first-order valence-corrected chi connectivity index (χ1v) is 12.3. The van der Waals surface area contributed by atoms with E-state index in [4.69, 9.17) is 9.47 Å². The summed E-state index contributed by atoms with van der Waals surface area (Å²) in [6.07, 6.45) is 2.86. The van der Waals surface area contributed by atoms with E-state index in [0.717, 1.165) is 10.8 Å². The Morgan fingerprint density at radius 2 is 1.00 bits per heavy atom. The van der Waals surface area contributed by atoms with Gasteiger partial charge >= 0.3 is 0 Å². The van der Waals surface area contributed by atoms with Gasteiger partial charge in [-0.3, -0.25) is 8.37 Å².